The predicted molar refractivity (Wildman–Crippen MR) is 112 cm³/mol. The Morgan fingerprint density at radius 3 is 2.63 bits per heavy atom. The number of nitrogens with zero attached hydrogens (tertiary/aromatic N) is 2. The maximum Gasteiger partial charge on any atom is 0.257 e. The van der Waals surface area contributed by atoms with Gasteiger partial charge < -0.3 is 14.9 Å². The van der Waals surface area contributed by atoms with Gasteiger partial charge >= 0.3 is 0 Å². The van der Waals surface area contributed by atoms with Crippen molar-refractivity contribution >= 4 is 33.7 Å². The van der Waals surface area contributed by atoms with Gasteiger partial charge in [0.25, 0.3) is 5.56 Å². The van der Waals surface area contributed by atoms with Crippen LogP contribution >= 0.6 is 0 Å². The van der Waals surface area contributed by atoms with E-state index < -0.39 is 0 Å². The van der Waals surface area contributed by atoms with Crippen molar-refractivity contribution in [3.63, 3.8) is 0 Å². The number of H-pyrrole nitrogens is 2. The van der Waals surface area contributed by atoms with Crippen molar-refractivity contribution in [2.24, 2.45) is 4.99 Å². The summed E-state index contributed by atoms with van der Waals surface area (Å²) in [7, 11) is 2.10. The topological polar surface area (TPSA) is 64.2 Å². The van der Waals surface area contributed by atoms with Gasteiger partial charge in [0, 0.05) is 40.8 Å². The lowest BCUT2D eigenvalue weighted by molar-refractivity contribution is 0.346. The van der Waals surface area contributed by atoms with Crippen LogP contribution in [0, 0.1) is 0 Å². The number of benzene rings is 2. The molecule has 4 aromatic rings. The summed E-state index contributed by atoms with van der Waals surface area (Å²) in [5, 5.41) is 1.91. The first kappa shape index (κ1) is 17.2. The quantitative estimate of drug-likeness (QED) is 0.525. The van der Waals surface area contributed by atoms with Crippen molar-refractivity contribution in [1.82, 2.24) is 14.9 Å². The molecule has 5 nitrogen and oxygen atoms in total. The molecule has 0 aliphatic heterocycles. The van der Waals surface area contributed by atoms with Crippen LogP contribution in [0.15, 0.2) is 64.5 Å². The monoisotopic (exact) mass is 358 g/mol. The zero-order valence-electron chi connectivity index (χ0n) is 15.5. The molecule has 2 heterocycles. The van der Waals surface area contributed by atoms with E-state index in [1.807, 2.05) is 42.6 Å². The lowest BCUT2D eigenvalue weighted by atomic mass is 10.1. The molecule has 27 heavy (non-hydrogen) atoms. The number of nitrogens with one attached hydrogen (secondary N) is 2. The molecule has 0 radical (unpaired) electrons. The average molecular weight is 358 g/mol. The lowest BCUT2D eigenvalue weighted by Gasteiger charge is -2.13. The smallest absolute Gasteiger partial charge is 0.257 e. The number of aliphatic imine (C=N–C) groups is 1. The average Bonchev–Trinajstić information content (AvgIpc) is 3.03. The van der Waals surface area contributed by atoms with Crippen LogP contribution in [0.4, 0.5) is 5.69 Å². The summed E-state index contributed by atoms with van der Waals surface area (Å²) in [6, 6.07) is 16.0. The van der Waals surface area contributed by atoms with E-state index in [-0.39, 0.29) is 5.56 Å². The van der Waals surface area contributed by atoms with Gasteiger partial charge in [-0.1, -0.05) is 25.1 Å². The van der Waals surface area contributed by atoms with Gasteiger partial charge in [0.1, 0.15) is 0 Å². The van der Waals surface area contributed by atoms with Gasteiger partial charge in [0.15, 0.2) is 0 Å². The number of aromatic amines is 2. The van der Waals surface area contributed by atoms with Gasteiger partial charge in [-0.05, 0) is 49.5 Å². The minimum atomic E-state index is -0.119. The third-order valence-corrected chi connectivity index (χ3v) is 4.88. The second-order valence-electron chi connectivity index (χ2n) is 6.74. The largest absolute Gasteiger partial charge is 0.361 e. The molecule has 0 atom stereocenters. The number of fused-ring (bicyclic) bond motifs is 3. The van der Waals surface area contributed by atoms with Crippen LogP contribution in [0.1, 0.15) is 18.1 Å². The van der Waals surface area contributed by atoms with Crippen LogP contribution in [0.2, 0.25) is 0 Å². The van der Waals surface area contributed by atoms with E-state index in [1.54, 1.807) is 6.21 Å². The van der Waals surface area contributed by atoms with Crippen LogP contribution < -0.4 is 5.56 Å². The Morgan fingerprint density at radius 2 is 1.85 bits per heavy atom. The van der Waals surface area contributed by atoms with Crippen LogP contribution in [0.5, 0.6) is 0 Å². The number of hydrogen-bond acceptors (Lipinski definition) is 3. The van der Waals surface area contributed by atoms with E-state index in [4.69, 9.17) is 0 Å². The van der Waals surface area contributed by atoms with Crippen LogP contribution in [0.3, 0.4) is 0 Å². The number of rotatable bonds is 5. The molecule has 136 valence electrons. The molecule has 0 amide bonds. The fourth-order valence-electron chi connectivity index (χ4n) is 3.27. The van der Waals surface area contributed by atoms with Crippen LogP contribution in [-0.2, 0) is 6.54 Å². The first-order valence-corrected chi connectivity index (χ1v) is 9.09. The predicted octanol–water partition coefficient (Wildman–Crippen LogP) is 4.21. The zero-order chi connectivity index (χ0) is 18.8. The molecule has 2 N–H and O–H groups in total. The van der Waals surface area contributed by atoms with Gasteiger partial charge in [-0.3, -0.25) is 9.79 Å². The van der Waals surface area contributed by atoms with Crippen molar-refractivity contribution in [1.29, 1.82) is 0 Å². The van der Waals surface area contributed by atoms with E-state index in [0.717, 1.165) is 40.6 Å². The molecule has 2 aromatic carbocycles. The number of aromatic nitrogens is 2. The van der Waals surface area contributed by atoms with E-state index in [2.05, 4.69) is 46.0 Å². The molecule has 4 rings (SSSR count). The third-order valence-electron chi connectivity index (χ3n) is 4.88. The maximum absolute atomic E-state index is 12.4. The second-order valence-corrected chi connectivity index (χ2v) is 6.74. The van der Waals surface area contributed by atoms with E-state index in [9.17, 15) is 4.79 Å². The Bertz CT molecular complexity index is 1170. The third kappa shape index (κ3) is 3.41. The van der Waals surface area contributed by atoms with Gasteiger partial charge in [-0.15, -0.1) is 0 Å². The molecule has 0 unspecified atom stereocenters. The molecule has 0 saturated heterocycles. The summed E-state index contributed by atoms with van der Waals surface area (Å²) in [5.74, 6) is 0. The molecule has 0 spiro atoms. The molecule has 0 aliphatic rings. The highest BCUT2D eigenvalue weighted by Crippen LogP contribution is 2.24. The molecule has 0 bridgehead atoms. The van der Waals surface area contributed by atoms with Crippen LogP contribution in [-0.4, -0.2) is 34.7 Å². The normalized spacial score (nSPS) is 12.0. The van der Waals surface area contributed by atoms with Gasteiger partial charge in [-0.2, -0.15) is 0 Å². The maximum atomic E-state index is 12.4. The highest BCUT2D eigenvalue weighted by atomic mass is 16.1. The molecular formula is C22H22N4O. The number of pyridine rings is 1. The first-order valence-electron chi connectivity index (χ1n) is 9.09. The first-order chi connectivity index (χ1) is 13.2. The van der Waals surface area contributed by atoms with E-state index >= 15 is 0 Å². The molecule has 0 fully saturated rings. The van der Waals surface area contributed by atoms with Crippen molar-refractivity contribution < 1.29 is 0 Å². The summed E-state index contributed by atoms with van der Waals surface area (Å²) < 4.78 is 0. The van der Waals surface area contributed by atoms with Crippen molar-refractivity contribution in [3.8, 4) is 0 Å². The Hall–Kier alpha value is -3.18. The number of hydrogen-bond donors (Lipinski definition) is 2. The Morgan fingerprint density at radius 1 is 1.07 bits per heavy atom. The van der Waals surface area contributed by atoms with Crippen LogP contribution in [0.25, 0.3) is 21.8 Å². The van der Waals surface area contributed by atoms with Gasteiger partial charge in [0.05, 0.1) is 11.3 Å². The SMILES string of the molecule is CCN(C)Cc1ccc(N=Cc2c(=O)[nH]c3ccc4[nH]cccc4c23)cc1. The zero-order valence-corrected chi connectivity index (χ0v) is 15.5. The summed E-state index contributed by atoms with van der Waals surface area (Å²) in [6.07, 6.45) is 3.55. The van der Waals surface area contributed by atoms with Crippen molar-refractivity contribution in [2.45, 2.75) is 13.5 Å². The van der Waals surface area contributed by atoms with E-state index in [0.29, 0.717) is 5.56 Å². The minimum absolute atomic E-state index is 0.119. The van der Waals surface area contributed by atoms with Crippen molar-refractivity contribution in [3.05, 3.63) is 76.2 Å². The summed E-state index contributed by atoms with van der Waals surface area (Å²) in [4.78, 5) is 25.4. The Balaban J connectivity index is 1.70. The highest BCUT2D eigenvalue weighted by Gasteiger charge is 2.11. The van der Waals surface area contributed by atoms with Gasteiger partial charge in [-0.25, -0.2) is 0 Å². The minimum Gasteiger partial charge on any atom is -0.361 e. The Kier molecular flexibility index (Phi) is 4.60. The molecule has 5 heteroatoms. The summed E-state index contributed by atoms with van der Waals surface area (Å²) >= 11 is 0. The summed E-state index contributed by atoms with van der Waals surface area (Å²) in [6.45, 7) is 4.07. The standard InChI is InChI=1S/C22H22N4O/c1-3-26(2)14-15-6-8-16(9-7-15)24-13-18-21-17-5-4-12-23-19(17)10-11-20(21)25-22(18)27/h4-13,23H,3,14H2,1-2H3,(H,25,27). The fraction of sp³-hybridized carbons (Fsp3) is 0.182. The second kappa shape index (κ2) is 7.21. The lowest BCUT2D eigenvalue weighted by Crippen LogP contribution is -2.16. The van der Waals surface area contributed by atoms with Gasteiger partial charge in [0.2, 0.25) is 0 Å². The fourth-order valence-corrected chi connectivity index (χ4v) is 3.27. The molecule has 0 saturated carbocycles. The molecular weight excluding hydrogens is 336 g/mol. The molecule has 0 aliphatic carbocycles. The summed E-state index contributed by atoms with van der Waals surface area (Å²) in [5.41, 5.74) is 4.36. The van der Waals surface area contributed by atoms with E-state index in [1.165, 1.54) is 5.56 Å². The van der Waals surface area contributed by atoms with Crippen molar-refractivity contribution in [2.75, 3.05) is 13.6 Å². The Labute approximate surface area is 157 Å². The molecule has 2 aromatic heterocycles. The highest BCUT2D eigenvalue weighted by molar-refractivity contribution is 6.13.